The summed E-state index contributed by atoms with van der Waals surface area (Å²) >= 11 is 0. The Morgan fingerprint density at radius 2 is 2.19 bits per heavy atom. The van der Waals surface area contributed by atoms with Crippen LogP contribution in [0, 0.1) is 5.92 Å². The molecule has 1 aliphatic rings. The fourth-order valence-corrected chi connectivity index (χ4v) is 4.16. The summed E-state index contributed by atoms with van der Waals surface area (Å²) in [5.74, 6) is 1.39. The Bertz CT molecular complexity index is 749. The number of likely N-dealkylation sites (tertiary alicyclic amines) is 1. The summed E-state index contributed by atoms with van der Waals surface area (Å²) < 4.78 is 7.62. The van der Waals surface area contributed by atoms with E-state index in [0.29, 0.717) is 11.5 Å². The van der Waals surface area contributed by atoms with Gasteiger partial charge in [-0.2, -0.15) is 0 Å². The van der Waals surface area contributed by atoms with Crippen molar-refractivity contribution in [1.29, 1.82) is 0 Å². The van der Waals surface area contributed by atoms with Gasteiger partial charge in [-0.3, -0.25) is 9.69 Å². The lowest BCUT2D eigenvalue weighted by Crippen LogP contribution is -2.43. The molecule has 6 heteroatoms. The zero-order valence-corrected chi connectivity index (χ0v) is 16.5. The SMILES string of the molecule is CC(C)c1occc1C(=O)N(C)C[C@@H]1CCCN(C)[C@H]1c1cncn1C. The Balaban J connectivity index is 1.78. The average Bonchev–Trinajstić information content (AvgIpc) is 3.23. The molecule has 3 rings (SSSR count). The second-order valence-corrected chi connectivity index (χ2v) is 7.80. The van der Waals surface area contributed by atoms with E-state index in [1.54, 1.807) is 12.3 Å². The number of imidazole rings is 1. The van der Waals surface area contributed by atoms with Gasteiger partial charge in [-0.25, -0.2) is 4.98 Å². The van der Waals surface area contributed by atoms with Gasteiger partial charge in [0.1, 0.15) is 5.76 Å². The lowest BCUT2D eigenvalue weighted by molar-refractivity contribution is 0.0630. The molecule has 26 heavy (non-hydrogen) atoms. The van der Waals surface area contributed by atoms with E-state index in [1.165, 1.54) is 5.69 Å². The number of carbonyl (C=O) groups excluding carboxylic acids is 1. The maximum absolute atomic E-state index is 13.0. The van der Waals surface area contributed by atoms with Crippen LogP contribution in [0.4, 0.5) is 0 Å². The van der Waals surface area contributed by atoms with Crippen molar-refractivity contribution in [2.75, 3.05) is 27.2 Å². The molecule has 0 N–H and O–H groups in total. The number of amides is 1. The summed E-state index contributed by atoms with van der Waals surface area (Å²) in [7, 11) is 6.10. The first-order valence-corrected chi connectivity index (χ1v) is 9.39. The van der Waals surface area contributed by atoms with Gasteiger partial charge in [-0.15, -0.1) is 0 Å². The molecule has 0 aromatic carbocycles. The van der Waals surface area contributed by atoms with Crippen LogP contribution in [0.2, 0.25) is 0 Å². The number of piperidine rings is 1. The van der Waals surface area contributed by atoms with E-state index in [4.69, 9.17) is 4.42 Å². The Morgan fingerprint density at radius 1 is 1.42 bits per heavy atom. The van der Waals surface area contributed by atoms with E-state index in [-0.39, 0.29) is 17.9 Å². The van der Waals surface area contributed by atoms with Crippen LogP contribution in [0.25, 0.3) is 0 Å². The first kappa shape index (κ1) is 18.7. The lowest BCUT2D eigenvalue weighted by Gasteiger charge is -2.40. The number of nitrogens with zero attached hydrogens (tertiary/aromatic N) is 4. The van der Waals surface area contributed by atoms with E-state index in [0.717, 1.165) is 31.7 Å². The minimum Gasteiger partial charge on any atom is -0.468 e. The maximum Gasteiger partial charge on any atom is 0.257 e. The molecule has 0 radical (unpaired) electrons. The van der Waals surface area contributed by atoms with E-state index in [1.807, 2.05) is 45.4 Å². The number of rotatable bonds is 5. The fourth-order valence-electron chi connectivity index (χ4n) is 4.16. The number of carbonyl (C=O) groups is 1. The van der Waals surface area contributed by atoms with Crippen LogP contribution < -0.4 is 0 Å². The van der Waals surface area contributed by atoms with Crippen LogP contribution in [0.15, 0.2) is 29.3 Å². The molecule has 142 valence electrons. The largest absolute Gasteiger partial charge is 0.468 e. The van der Waals surface area contributed by atoms with Gasteiger partial charge in [0.25, 0.3) is 5.91 Å². The molecule has 0 aliphatic carbocycles. The zero-order valence-electron chi connectivity index (χ0n) is 16.5. The number of aromatic nitrogens is 2. The second kappa shape index (κ2) is 7.66. The molecule has 1 amide bonds. The van der Waals surface area contributed by atoms with Gasteiger partial charge >= 0.3 is 0 Å². The van der Waals surface area contributed by atoms with Crippen LogP contribution in [0.3, 0.4) is 0 Å². The van der Waals surface area contributed by atoms with Crippen LogP contribution >= 0.6 is 0 Å². The van der Waals surface area contributed by atoms with Crippen molar-refractivity contribution < 1.29 is 9.21 Å². The van der Waals surface area contributed by atoms with Gasteiger partial charge in [0.2, 0.25) is 0 Å². The molecular formula is C20H30N4O2. The molecule has 2 aromatic heterocycles. The molecule has 6 nitrogen and oxygen atoms in total. The Morgan fingerprint density at radius 3 is 2.85 bits per heavy atom. The summed E-state index contributed by atoms with van der Waals surface area (Å²) in [5, 5.41) is 0. The van der Waals surface area contributed by atoms with Crippen LogP contribution in [-0.2, 0) is 7.05 Å². The quantitative estimate of drug-likeness (QED) is 0.823. The standard InChI is InChI=1S/C20H30N4O2/c1-14(2)19-16(8-10-26-19)20(25)23(4)12-15-7-6-9-22(3)18(15)17-11-21-13-24(17)5/h8,10-11,13-15,18H,6-7,9,12H2,1-5H3/t15-,18+/m0/s1. The average molecular weight is 358 g/mol. The van der Waals surface area contributed by atoms with E-state index in [9.17, 15) is 4.79 Å². The van der Waals surface area contributed by atoms with Gasteiger partial charge < -0.3 is 13.9 Å². The van der Waals surface area contributed by atoms with Crippen molar-refractivity contribution in [3.8, 4) is 0 Å². The number of hydrogen-bond donors (Lipinski definition) is 0. The first-order valence-electron chi connectivity index (χ1n) is 9.39. The van der Waals surface area contributed by atoms with Gasteiger partial charge in [0.05, 0.1) is 29.9 Å². The normalized spacial score (nSPS) is 21.3. The molecule has 0 unspecified atom stereocenters. The summed E-state index contributed by atoms with van der Waals surface area (Å²) in [6.45, 7) is 5.89. The first-order chi connectivity index (χ1) is 12.4. The molecule has 1 fully saturated rings. The van der Waals surface area contributed by atoms with Crippen molar-refractivity contribution in [2.45, 2.75) is 38.6 Å². The predicted molar refractivity (Wildman–Crippen MR) is 101 cm³/mol. The van der Waals surface area contributed by atoms with E-state index in [2.05, 4.69) is 21.5 Å². The third kappa shape index (κ3) is 3.56. The minimum absolute atomic E-state index is 0.0411. The number of hydrogen-bond acceptors (Lipinski definition) is 4. The zero-order chi connectivity index (χ0) is 18.8. The molecule has 0 spiro atoms. The summed E-state index contributed by atoms with van der Waals surface area (Å²) in [4.78, 5) is 21.5. The lowest BCUT2D eigenvalue weighted by atomic mass is 9.87. The molecule has 1 aliphatic heterocycles. The molecule has 0 bridgehead atoms. The Hall–Kier alpha value is -2.08. The molecule has 2 atom stereocenters. The van der Waals surface area contributed by atoms with Crippen molar-refractivity contribution in [1.82, 2.24) is 19.4 Å². The topological polar surface area (TPSA) is 54.5 Å². The van der Waals surface area contributed by atoms with Crippen molar-refractivity contribution in [3.05, 3.63) is 41.9 Å². The third-order valence-corrected chi connectivity index (χ3v) is 5.47. The number of aryl methyl sites for hydroxylation is 1. The highest BCUT2D eigenvalue weighted by Crippen LogP contribution is 2.35. The predicted octanol–water partition coefficient (Wildman–Crippen LogP) is 3.29. The van der Waals surface area contributed by atoms with Crippen molar-refractivity contribution in [3.63, 3.8) is 0 Å². The van der Waals surface area contributed by atoms with E-state index >= 15 is 0 Å². The Labute approximate surface area is 155 Å². The number of furan rings is 1. The fraction of sp³-hybridized carbons (Fsp3) is 0.600. The van der Waals surface area contributed by atoms with Gasteiger partial charge in [0, 0.05) is 32.8 Å². The maximum atomic E-state index is 13.0. The molecule has 1 saturated heterocycles. The highest BCUT2D eigenvalue weighted by atomic mass is 16.3. The van der Waals surface area contributed by atoms with Gasteiger partial charge in [-0.05, 0) is 38.4 Å². The van der Waals surface area contributed by atoms with Crippen molar-refractivity contribution in [2.24, 2.45) is 13.0 Å². The summed E-state index contributed by atoms with van der Waals surface area (Å²) in [6.07, 6.45) is 7.68. The summed E-state index contributed by atoms with van der Waals surface area (Å²) in [5.41, 5.74) is 1.90. The monoisotopic (exact) mass is 358 g/mol. The van der Waals surface area contributed by atoms with Gasteiger partial charge in [-0.1, -0.05) is 13.8 Å². The van der Waals surface area contributed by atoms with Crippen LogP contribution in [0.5, 0.6) is 0 Å². The molecule has 3 heterocycles. The minimum atomic E-state index is 0.0411. The van der Waals surface area contributed by atoms with E-state index < -0.39 is 0 Å². The second-order valence-electron chi connectivity index (χ2n) is 7.80. The van der Waals surface area contributed by atoms with Gasteiger partial charge in [0.15, 0.2) is 0 Å². The highest BCUT2D eigenvalue weighted by Gasteiger charge is 2.34. The summed E-state index contributed by atoms with van der Waals surface area (Å²) in [6, 6.07) is 2.07. The highest BCUT2D eigenvalue weighted by molar-refractivity contribution is 5.95. The third-order valence-electron chi connectivity index (χ3n) is 5.47. The molecular weight excluding hydrogens is 328 g/mol. The van der Waals surface area contributed by atoms with Crippen LogP contribution in [-0.4, -0.2) is 52.4 Å². The Kier molecular flexibility index (Phi) is 5.51. The van der Waals surface area contributed by atoms with Crippen molar-refractivity contribution >= 4 is 5.91 Å². The molecule has 2 aromatic rings. The smallest absolute Gasteiger partial charge is 0.257 e. The molecule has 0 saturated carbocycles. The van der Waals surface area contributed by atoms with Crippen LogP contribution in [0.1, 0.15) is 60.5 Å².